The number of hydrogen-bond acceptors (Lipinski definition) is 4. The molecule has 2 aliphatic heterocycles. The number of hydrogen-bond donors (Lipinski definition) is 0. The van der Waals surface area contributed by atoms with Gasteiger partial charge in [0.25, 0.3) is 0 Å². The Morgan fingerprint density at radius 2 is 2.00 bits per heavy atom. The Kier molecular flexibility index (Phi) is 5.20. The molecule has 2 heterocycles. The first-order valence-electron chi connectivity index (χ1n) is 7.62. The van der Waals surface area contributed by atoms with Gasteiger partial charge in [0.1, 0.15) is 5.54 Å². The minimum atomic E-state index is -0.316. The van der Waals surface area contributed by atoms with Gasteiger partial charge in [-0.3, -0.25) is 4.90 Å². The Hall–Kier alpha value is -0.630. The first-order valence-corrected chi connectivity index (χ1v) is 7.62. The van der Waals surface area contributed by atoms with Gasteiger partial charge in [0, 0.05) is 32.8 Å². The maximum atomic E-state index is 9.16. The standard InChI is InChI=1S/C15H27N3O/c1-15(2,13-16)18-10-8-17(9-11-18)7-3-5-14-6-4-12-19-14/h14H,3-12H2,1-2H3. The Bertz CT molecular complexity index is 310. The van der Waals surface area contributed by atoms with Crippen molar-refractivity contribution in [3.05, 3.63) is 0 Å². The van der Waals surface area contributed by atoms with Crippen LogP contribution in [0.4, 0.5) is 0 Å². The van der Waals surface area contributed by atoms with Crippen molar-refractivity contribution >= 4 is 0 Å². The van der Waals surface area contributed by atoms with E-state index < -0.39 is 0 Å². The molecule has 0 aromatic carbocycles. The third kappa shape index (κ3) is 4.17. The monoisotopic (exact) mass is 265 g/mol. The molecule has 2 saturated heterocycles. The molecule has 0 aliphatic carbocycles. The zero-order chi connectivity index (χ0) is 13.7. The largest absolute Gasteiger partial charge is 0.378 e. The van der Waals surface area contributed by atoms with Gasteiger partial charge >= 0.3 is 0 Å². The first kappa shape index (κ1) is 14.8. The molecular weight excluding hydrogens is 238 g/mol. The van der Waals surface area contributed by atoms with Crippen molar-refractivity contribution in [1.82, 2.24) is 9.80 Å². The molecule has 4 heteroatoms. The minimum absolute atomic E-state index is 0.316. The van der Waals surface area contributed by atoms with Crippen molar-refractivity contribution in [2.75, 3.05) is 39.3 Å². The summed E-state index contributed by atoms with van der Waals surface area (Å²) in [5.74, 6) is 0. The normalized spacial score (nSPS) is 26.5. The second-order valence-corrected chi connectivity index (χ2v) is 6.28. The fourth-order valence-corrected chi connectivity index (χ4v) is 3.02. The van der Waals surface area contributed by atoms with E-state index in [0.29, 0.717) is 6.10 Å². The molecule has 19 heavy (non-hydrogen) atoms. The number of piperazine rings is 1. The molecule has 0 spiro atoms. The van der Waals surface area contributed by atoms with E-state index in [9.17, 15) is 0 Å². The molecule has 0 saturated carbocycles. The summed E-state index contributed by atoms with van der Waals surface area (Å²) >= 11 is 0. The van der Waals surface area contributed by atoms with Gasteiger partial charge in [-0.15, -0.1) is 0 Å². The van der Waals surface area contributed by atoms with Crippen molar-refractivity contribution in [3.8, 4) is 6.07 Å². The molecule has 1 unspecified atom stereocenters. The third-order valence-corrected chi connectivity index (χ3v) is 4.46. The molecule has 0 radical (unpaired) electrons. The lowest BCUT2D eigenvalue weighted by Gasteiger charge is -2.40. The van der Waals surface area contributed by atoms with E-state index in [1.165, 1.54) is 32.2 Å². The van der Waals surface area contributed by atoms with Crippen LogP contribution in [0.25, 0.3) is 0 Å². The lowest BCUT2D eigenvalue weighted by molar-refractivity contribution is 0.0708. The highest BCUT2D eigenvalue weighted by molar-refractivity contribution is 5.02. The van der Waals surface area contributed by atoms with Crippen LogP contribution >= 0.6 is 0 Å². The minimum Gasteiger partial charge on any atom is -0.378 e. The van der Waals surface area contributed by atoms with Crippen molar-refractivity contribution in [2.24, 2.45) is 0 Å². The van der Waals surface area contributed by atoms with E-state index in [-0.39, 0.29) is 5.54 Å². The summed E-state index contributed by atoms with van der Waals surface area (Å²) in [7, 11) is 0. The predicted octanol–water partition coefficient (Wildman–Crippen LogP) is 1.87. The Balaban J connectivity index is 1.62. The lowest BCUT2D eigenvalue weighted by atomic mass is 10.0. The number of nitriles is 1. The van der Waals surface area contributed by atoms with Crippen LogP contribution in [0, 0.1) is 11.3 Å². The Labute approximate surface area is 117 Å². The highest BCUT2D eigenvalue weighted by atomic mass is 16.5. The molecular formula is C15H27N3O. The van der Waals surface area contributed by atoms with Crippen molar-refractivity contribution in [1.29, 1.82) is 5.26 Å². The van der Waals surface area contributed by atoms with Crippen molar-refractivity contribution in [3.63, 3.8) is 0 Å². The summed E-state index contributed by atoms with van der Waals surface area (Å²) in [6, 6.07) is 2.40. The fraction of sp³-hybridized carbons (Fsp3) is 0.933. The maximum absolute atomic E-state index is 9.16. The molecule has 0 bridgehead atoms. The second-order valence-electron chi connectivity index (χ2n) is 6.28. The average molecular weight is 265 g/mol. The molecule has 0 amide bonds. The van der Waals surface area contributed by atoms with Gasteiger partial charge in [-0.05, 0) is 46.1 Å². The van der Waals surface area contributed by atoms with Crippen LogP contribution in [-0.4, -0.2) is 60.8 Å². The van der Waals surface area contributed by atoms with Crippen LogP contribution in [0.2, 0.25) is 0 Å². The molecule has 0 aromatic rings. The van der Waals surface area contributed by atoms with Crippen LogP contribution in [0.3, 0.4) is 0 Å². The summed E-state index contributed by atoms with van der Waals surface area (Å²) in [6.07, 6.45) is 5.48. The van der Waals surface area contributed by atoms with Crippen LogP contribution in [-0.2, 0) is 4.74 Å². The number of rotatable bonds is 5. The number of nitrogens with zero attached hydrogens (tertiary/aromatic N) is 3. The quantitative estimate of drug-likeness (QED) is 0.761. The molecule has 2 aliphatic rings. The van der Waals surface area contributed by atoms with Gasteiger partial charge < -0.3 is 9.64 Å². The van der Waals surface area contributed by atoms with E-state index in [1.54, 1.807) is 0 Å². The summed E-state index contributed by atoms with van der Waals surface area (Å²) in [6.45, 7) is 10.4. The summed E-state index contributed by atoms with van der Waals surface area (Å²) < 4.78 is 5.66. The summed E-state index contributed by atoms with van der Waals surface area (Å²) in [5, 5.41) is 9.16. The van der Waals surface area contributed by atoms with Gasteiger partial charge in [0.05, 0.1) is 12.2 Å². The third-order valence-electron chi connectivity index (χ3n) is 4.46. The average Bonchev–Trinajstić information content (AvgIpc) is 2.92. The zero-order valence-corrected chi connectivity index (χ0v) is 12.4. The van der Waals surface area contributed by atoms with E-state index in [1.807, 2.05) is 13.8 Å². The maximum Gasteiger partial charge on any atom is 0.103 e. The van der Waals surface area contributed by atoms with Crippen LogP contribution in [0.15, 0.2) is 0 Å². The van der Waals surface area contributed by atoms with E-state index in [2.05, 4.69) is 15.9 Å². The molecule has 0 aromatic heterocycles. The molecule has 4 nitrogen and oxygen atoms in total. The van der Waals surface area contributed by atoms with Crippen LogP contribution < -0.4 is 0 Å². The van der Waals surface area contributed by atoms with Crippen LogP contribution in [0.5, 0.6) is 0 Å². The van der Waals surface area contributed by atoms with Crippen LogP contribution in [0.1, 0.15) is 39.5 Å². The van der Waals surface area contributed by atoms with E-state index in [4.69, 9.17) is 10.00 Å². The Morgan fingerprint density at radius 1 is 1.26 bits per heavy atom. The molecule has 108 valence electrons. The lowest BCUT2D eigenvalue weighted by Crippen LogP contribution is -2.54. The molecule has 1 atom stereocenters. The SMILES string of the molecule is CC(C)(C#N)N1CCN(CCCC2CCCO2)CC1. The smallest absolute Gasteiger partial charge is 0.103 e. The molecule has 2 fully saturated rings. The summed E-state index contributed by atoms with van der Waals surface area (Å²) in [4.78, 5) is 4.82. The van der Waals surface area contributed by atoms with Gasteiger partial charge in [-0.25, -0.2) is 0 Å². The Morgan fingerprint density at radius 3 is 2.58 bits per heavy atom. The predicted molar refractivity (Wildman–Crippen MR) is 75.9 cm³/mol. The first-order chi connectivity index (χ1) is 9.12. The number of ether oxygens (including phenoxy) is 1. The highest BCUT2D eigenvalue weighted by Crippen LogP contribution is 2.18. The van der Waals surface area contributed by atoms with Gasteiger partial charge in [0.15, 0.2) is 0 Å². The molecule has 0 N–H and O–H groups in total. The van der Waals surface area contributed by atoms with Gasteiger partial charge in [-0.1, -0.05) is 0 Å². The van der Waals surface area contributed by atoms with E-state index >= 15 is 0 Å². The topological polar surface area (TPSA) is 39.5 Å². The highest BCUT2D eigenvalue weighted by Gasteiger charge is 2.29. The fourth-order valence-electron chi connectivity index (χ4n) is 3.02. The van der Waals surface area contributed by atoms with Gasteiger partial charge in [-0.2, -0.15) is 5.26 Å². The van der Waals surface area contributed by atoms with Gasteiger partial charge in [0.2, 0.25) is 0 Å². The zero-order valence-electron chi connectivity index (χ0n) is 12.4. The second kappa shape index (κ2) is 6.69. The van der Waals surface area contributed by atoms with Crippen molar-refractivity contribution in [2.45, 2.75) is 51.2 Å². The van der Waals surface area contributed by atoms with Crippen molar-refractivity contribution < 1.29 is 4.74 Å². The molecule has 2 rings (SSSR count). The summed E-state index contributed by atoms with van der Waals surface area (Å²) in [5.41, 5.74) is -0.316. The van der Waals surface area contributed by atoms with E-state index in [0.717, 1.165) is 32.8 Å².